The SMILES string of the molecule is CCS(=O)(=O)c1ccc(Cl)cc1CNC(=O)c1cc(Cl)c(CNCCCN)c(C(F)(F)F)c1. The Hall–Kier alpha value is -1.85. The van der Waals surface area contributed by atoms with Crippen molar-refractivity contribution >= 4 is 38.9 Å². The Morgan fingerprint density at radius 3 is 2.42 bits per heavy atom. The Balaban J connectivity index is 2.31. The molecule has 6 nitrogen and oxygen atoms in total. The van der Waals surface area contributed by atoms with Gasteiger partial charge in [0.05, 0.1) is 16.2 Å². The molecule has 12 heteroatoms. The molecule has 0 radical (unpaired) electrons. The van der Waals surface area contributed by atoms with Crippen LogP contribution in [0.3, 0.4) is 0 Å². The zero-order valence-electron chi connectivity index (χ0n) is 17.7. The smallest absolute Gasteiger partial charge is 0.348 e. The number of rotatable bonds is 10. The van der Waals surface area contributed by atoms with E-state index in [0.717, 1.165) is 12.1 Å². The first-order chi connectivity index (χ1) is 15.4. The summed E-state index contributed by atoms with van der Waals surface area (Å²) >= 11 is 12.0. The van der Waals surface area contributed by atoms with Crippen LogP contribution in [0.1, 0.15) is 40.4 Å². The molecular weight excluding hydrogens is 502 g/mol. The molecule has 0 unspecified atom stereocenters. The number of nitrogens with one attached hydrogen (secondary N) is 2. The van der Waals surface area contributed by atoms with Crippen molar-refractivity contribution in [1.29, 1.82) is 0 Å². The van der Waals surface area contributed by atoms with E-state index in [1.54, 1.807) is 0 Å². The van der Waals surface area contributed by atoms with Crippen LogP contribution in [0.2, 0.25) is 10.0 Å². The summed E-state index contributed by atoms with van der Waals surface area (Å²) in [6.07, 6.45) is -4.15. The van der Waals surface area contributed by atoms with Gasteiger partial charge in [-0.25, -0.2) is 8.42 Å². The lowest BCUT2D eigenvalue weighted by Crippen LogP contribution is -2.26. The summed E-state index contributed by atoms with van der Waals surface area (Å²) in [5.74, 6) is -1.01. The van der Waals surface area contributed by atoms with Gasteiger partial charge in [-0.05, 0) is 61.0 Å². The van der Waals surface area contributed by atoms with Crippen molar-refractivity contribution in [2.45, 2.75) is 37.5 Å². The quantitative estimate of drug-likeness (QED) is 0.404. The van der Waals surface area contributed by atoms with Gasteiger partial charge in [-0.1, -0.05) is 30.1 Å². The molecule has 0 saturated carbocycles. The average molecular weight is 526 g/mol. The number of carbonyl (C=O) groups excluding carboxylic acids is 1. The molecule has 0 aromatic heterocycles. The number of halogens is 5. The average Bonchev–Trinajstić information content (AvgIpc) is 2.74. The molecule has 0 saturated heterocycles. The lowest BCUT2D eigenvalue weighted by Gasteiger charge is -2.17. The van der Waals surface area contributed by atoms with Crippen molar-refractivity contribution in [3.05, 3.63) is 62.6 Å². The summed E-state index contributed by atoms with van der Waals surface area (Å²) in [5.41, 5.74) is 4.09. The zero-order chi connectivity index (χ0) is 24.8. The molecule has 0 aliphatic rings. The van der Waals surface area contributed by atoms with E-state index in [-0.39, 0.29) is 50.5 Å². The van der Waals surface area contributed by atoms with Gasteiger partial charge in [0.1, 0.15) is 0 Å². The Kier molecular flexibility index (Phi) is 9.57. The van der Waals surface area contributed by atoms with Gasteiger partial charge < -0.3 is 16.4 Å². The first-order valence-corrected chi connectivity index (χ1v) is 12.4. The van der Waals surface area contributed by atoms with Gasteiger partial charge in [0.25, 0.3) is 5.91 Å². The van der Waals surface area contributed by atoms with Crippen LogP contribution in [0.5, 0.6) is 0 Å². The third-order valence-electron chi connectivity index (χ3n) is 4.80. The third kappa shape index (κ3) is 7.31. The number of nitrogens with two attached hydrogens (primary N) is 1. The summed E-state index contributed by atoms with van der Waals surface area (Å²) in [7, 11) is -3.60. The van der Waals surface area contributed by atoms with E-state index < -0.39 is 27.5 Å². The lowest BCUT2D eigenvalue weighted by molar-refractivity contribution is -0.138. The third-order valence-corrected chi connectivity index (χ3v) is 7.20. The Labute approximate surface area is 200 Å². The van der Waals surface area contributed by atoms with Gasteiger partial charge in [0.2, 0.25) is 0 Å². The van der Waals surface area contributed by atoms with E-state index in [1.165, 1.54) is 25.1 Å². The van der Waals surface area contributed by atoms with E-state index in [4.69, 9.17) is 28.9 Å². The second-order valence-corrected chi connectivity index (χ2v) is 10.2. The van der Waals surface area contributed by atoms with Gasteiger partial charge in [-0.3, -0.25) is 4.79 Å². The van der Waals surface area contributed by atoms with Crippen LogP contribution in [-0.2, 0) is 29.1 Å². The predicted octanol–water partition coefficient (Wildman–Crippen LogP) is 4.17. The topological polar surface area (TPSA) is 101 Å². The van der Waals surface area contributed by atoms with Crippen LogP contribution < -0.4 is 16.4 Å². The van der Waals surface area contributed by atoms with Crippen molar-refractivity contribution in [3.8, 4) is 0 Å². The Bertz CT molecular complexity index is 1110. The van der Waals surface area contributed by atoms with E-state index in [0.29, 0.717) is 19.5 Å². The maximum atomic E-state index is 13.6. The highest BCUT2D eigenvalue weighted by atomic mass is 35.5. The van der Waals surface area contributed by atoms with Crippen molar-refractivity contribution in [2.75, 3.05) is 18.8 Å². The van der Waals surface area contributed by atoms with E-state index >= 15 is 0 Å². The first kappa shape index (κ1) is 27.4. The molecule has 0 fully saturated rings. The number of benzene rings is 2. The fraction of sp³-hybridized carbons (Fsp3) is 0.381. The van der Waals surface area contributed by atoms with Crippen molar-refractivity contribution in [1.82, 2.24) is 10.6 Å². The maximum absolute atomic E-state index is 13.6. The molecule has 0 heterocycles. The van der Waals surface area contributed by atoms with Crippen LogP contribution in [0, 0.1) is 0 Å². The first-order valence-electron chi connectivity index (χ1n) is 10.0. The molecule has 0 aliphatic heterocycles. The summed E-state index contributed by atoms with van der Waals surface area (Å²) in [5, 5.41) is 5.33. The van der Waals surface area contributed by atoms with Crippen molar-refractivity contribution in [3.63, 3.8) is 0 Å². The van der Waals surface area contributed by atoms with Gasteiger partial charge in [-0.2, -0.15) is 13.2 Å². The summed E-state index contributed by atoms with van der Waals surface area (Å²) in [6.45, 7) is 1.87. The summed E-state index contributed by atoms with van der Waals surface area (Å²) in [4.78, 5) is 12.6. The van der Waals surface area contributed by atoms with Crippen molar-refractivity contribution < 1.29 is 26.4 Å². The number of amides is 1. The molecule has 2 rings (SSSR count). The van der Waals surface area contributed by atoms with E-state index in [9.17, 15) is 26.4 Å². The minimum absolute atomic E-state index is 0.0115. The molecule has 182 valence electrons. The van der Waals surface area contributed by atoms with Crippen molar-refractivity contribution in [2.24, 2.45) is 5.73 Å². The predicted molar refractivity (Wildman–Crippen MR) is 122 cm³/mol. The van der Waals surface area contributed by atoms with E-state index in [1.807, 2.05) is 0 Å². The second kappa shape index (κ2) is 11.5. The lowest BCUT2D eigenvalue weighted by atomic mass is 10.0. The molecule has 0 bridgehead atoms. The molecule has 4 N–H and O–H groups in total. The van der Waals surface area contributed by atoms with Gasteiger partial charge in [0.15, 0.2) is 9.84 Å². The molecule has 0 aliphatic carbocycles. The maximum Gasteiger partial charge on any atom is 0.416 e. The Morgan fingerprint density at radius 2 is 1.82 bits per heavy atom. The number of hydrogen-bond acceptors (Lipinski definition) is 5. The van der Waals surface area contributed by atoms with Crippen LogP contribution in [-0.4, -0.2) is 33.2 Å². The minimum atomic E-state index is -4.74. The number of alkyl halides is 3. The van der Waals surface area contributed by atoms with Gasteiger partial charge in [-0.15, -0.1) is 0 Å². The minimum Gasteiger partial charge on any atom is -0.348 e. The fourth-order valence-corrected chi connectivity index (χ4v) is 4.66. The monoisotopic (exact) mass is 525 g/mol. The number of carbonyl (C=O) groups is 1. The Morgan fingerprint density at radius 1 is 1.12 bits per heavy atom. The highest BCUT2D eigenvalue weighted by Crippen LogP contribution is 2.36. The van der Waals surface area contributed by atoms with Crippen LogP contribution >= 0.6 is 23.2 Å². The van der Waals surface area contributed by atoms with Gasteiger partial charge in [0, 0.05) is 28.7 Å². The summed E-state index contributed by atoms with van der Waals surface area (Å²) < 4.78 is 65.5. The molecule has 0 spiro atoms. The van der Waals surface area contributed by atoms with Gasteiger partial charge >= 0.3 is 6.18 Å². The highest BCUT2D eigenvalue weighted by Gasteiger charge is 2.35. The van der Waals surface area contributed by atoms with Crippen LogP contribution in [0.4, 0.5) is 13.2 Å². The molecular formula is C21H24Cl2F3N3O3S. The van der Waals surface area contributed by atoms with E-state index in [2.05, 4.69) is 10.6 Å². The second-order valence-electron chi connectivity index (χ2n) is 7.14. The molecule has 2 aromatic rings. The summed E-state index contributed by atoms with van der Waals surface area (Å²) in [6, 6.07) is 5.99. The standard InChI is InChI=1S/C21H24Cl2F3N3O3S/c1-2-33(31,32)19-5-4-15(22)8-14(19)11-29-20(30)13-9-17(21(24,25)26)16(18(23)10-13)12-28-7-3-6-27/h4-5,8-10,28H,2-3,6-7,11-12,27H2,1H3,(H,29,30). The number of sulfone groups is 1. The molecule has 1 amide bonds. The number of hydrogen-bond donors (Lipinski definition) is 3. The molecule has 0 atom stereocenters. The molecule has 2 aromatic carbocycles. The normalized spacial score (nSPS) is 12.1. The largest absolute Gasteiger partial charge is 0.416 e. The fourth-order valence-electron chi connectivity index (χ4n) is 3.06. The van der Waals surface area contributed by atoms with Crippen LogP contribution in [0.25, 0.3) is 0 Å². The van der Waals surface area contributed by atoms with Crippen LogP contribution in [0.15, 0.2) is 35.2 Å². The highest BCUT2D eigenvalue weighted by molar-refractivity contribution is 7.91. The zero-order valence-corrected chi connectivity index (χ0v) is 20.1. The molecule has 33 heavy (non-hydrogen) atoms.